The first-order valence-corrected chi connectivity index (χ1v) is 5.39. The lowest BCUT2D eigenvalue weighted by atomic mass is 10.1. The van der Waals surface area contributed by atoms with E-state index in [9.17, 15) is 4.79 Å². The number of aryl methyl sites for hydroxylation is 1. The number of hydrogen-bond acceptors (Lipinski definition) is 3. The number of nitrogens with one attached hydrogen (secondary N) is 1. The molecule has 5 heteroatoms. The third kappa shape index (κ3) is 2.31. The average molecular weight is 251 g/mol. The Labute approximate surface area is 103 Å². The number of hydrogen-bond donors (Lipinski definition) is 1. The molecule has 0 aliphatic rings. The van der Waals surface area contributed by atoms with Gasteiger partial charge >= 0.3 is 5.69 Å². The van der Waals surface area contributed by atoms with Gasteiger partial charge in [-0.25, -0.2) is 9.78 Å². The first kappa shape index (κ1) is 11.7. The molecule has 0 amide bonds. The summed E-state index contributed by atoms with van der Waals surface area (Å²) in [4.78, 5) is 17.4. The Bertz CT molecular complexity index is 608. The van der Waals surface area contributed by atoms with Crippen molar-refractivity contribution in [3.8, 4) is 17.0 Å². The molecule has 1 aromatic carbocycles. The van der Waals surface area contributed by atoms with Crippen LogP contribution in [-0.4, -0.2) is 17.1 Å². The molecule has 0 spiro atoms. The lowest BCUT2D eigenvalue weighted by molar-refractivity contribution is 0.415. The molecule has 1 N–H and O–H groups in total. The quantitative estimate of drug-likeness (QED) is 0.891. The van der Waals surface area contributed by atoms with E-state index in [2.05, 4.69) is 9.97 Å². The third-order valence-corrected chi connectivity index (χ3v) is 2.76. The van der Waals surface area contributed by atoms with Gasteiger partial charge in [-0.2, -0.15) is 0 Å². The van der Waals surface area contributed by atoms with Crippen molar-refractivity contribution in [2.75, 3.05) is 7.11 Å². The summed E-state index contributed by atoms with van der Waals surface area (Å²) in [6.07, 6.45) is 1.46. The number of rotatable bonds is 2. The van der Waals surface area contributed by atoms with Crippen molar-refractivity contribution in [1.82, 2.24) is 9.97 Å². The summed E-state index contributed by atoms with van der Waals surface area (Å²) >= 11 is 6.06. The zero-order valence-electron chi connectivity index (χ0n) is 9.45. The van der Waals surface area contributed by atoms with E-state index >= 15 is 0 Å². The molecule has 0 unspecified atom stereocenters. The summed E-state index contributed by atoms with van der Waals surface area (Å²) < 4.78 is 5.12. The van der Waals surface area contributed by atoms with Crippen LogP contribution in [0.2, 0.25) is 5.02 Å². The third-order valence-electron chi connectivity index (χ3n) is 2.46. The number of methoxy groups -OCH3 is 1. The molecule has 0 saturated heterocycles. The van der Waals surface area contributed by atoms with Crippen LogP contribution < -0.4 is 10.4 Å². The van der Waals surface area contributed by atoms with Gasteiger partial charge in [-0.3, -0.25) is 0 Å². The topological polar surface area (TPSA) is 55.0 Å². The summed E-state index contributed by atoms with van der Waals surface area (Å²) in [5.41, 5.74) is 2.13. The van der Waals surface area contributed by atoms with Gasteiger partial charge in [-0.05, 0) is 30.7 Å². The van der Waals surface area contributed by atoms with Crippen molar-refractivity contribution in [2.24, 2.45) is 0 Å². The number of H-pyrrole nitrogens is 1. The summed E-state index contributed by atoms with van der Waals surface area (Å²) in [6, 6.07) is 5.32. The number of halogens is 1. The van der Waals surface area contributed by atoms with E-state index in [-0.39, 0.29) is 5.69 Å². The predicted molar refractivity (Wildman–Crippen MR) is 66.6 cm³/mol. The fraction of sp³-hybridized carbons (Fsp3) is 0.167. The van der Waals surface area contributed by atoms with Gasteiger partial charge in [0, 0.05) is 11.8 Å². The molecule has 0 aliphatic heterocycles. The predicted octanol–water partition coefficient (Wildman–Crippen LogP) is 2.41. The second-order valence-electron chi connectivity index (χ2n) is 3.59. The molecule has 0 fully saturated rings. The molecule has 1 heterocycles. The molecule has 0 aliphatic carbocycles. The van der Waals surface area contributed by atoms with Crippen LogP contribution >= 0.6 is 11.6 Å². The summed E-state index contributed by atoms with van der Waals surface area (Å²) in [5, 5.41) is 0.505. The molecular formula is C12H11ClN2O2. The van der Waals surface area contributed by atoms with Gasteiger partial charge in [-0.15, -0.1) is 0 Å². The van der Waals surface area contributed by atoms with Gasteiger partial charge in [-0.1, -0.05) is 11.6 Å². The molecule has 4 nitrogen and oxygen atoms in total. The smallest absolute Gasteiger partial charge is 0.345 e. The van der Waals surface area contributed by atoms with Crippen molar-refractivity contribution < 1.29 is 4.74 Å². The second-order valence-corrected chi connectivity index (χ2v) is 4.00. The number of nitrogens with zero attached hydrogens (tertiary/aromatic N) is 1. The van der Waals surface area contributed by atoms with Crippen LogP contribution in [0, 0.1) is 6.92 Å². The van der Waals surface area contributed by atoms with Crippen LogP contribution in [0.1, 0.15) is 5.56 Å². The molecule has 0 saturated carbocycles. The molecular weight excluding hydrogens is 240 g/mol. The van der Waals surface area contributed by atoms with Crippen LogP contribution in [0.5, 0.6) is 5.75 Å². The fourth-order valence-electron chi connectivity index (χ4n) is 1.63. The van der Waals surface area contributed by atoms with E-state index in [4.69, 9.17) is 16.3 Å². The van der Waals surface area contributed by atoms with Crippen molar-refractivity contribution in [3.63, 3.8) is 0 Å². The Morgan fingerprint density at radius 1 is 1.41 bits per heavy atom. The largest absolute Gasteiger partial charge is 0.495 e. The van der Waals surface area contributed by atoms with E-state index < -0.39 is 0 Å². The van der Waals surface area contributed by atoms with Crippen LogP contribution in [-0.2, 0) is 0 Å². The standard InChI is InChI=1S/C12H11ClN2O2/c1-7-5-11(17-2)9(13)6-8(7)10-3-4-14-12(16)15-10/h3-6H,1-2H3,(H,14,15,16). The normalized spacial score (nSPS) is 10.3. The highest BCUT2D eigenvalue weighted by molar-refractivity contribution is 6.32. The molecule has 1 aromatic heterocycles. The maximum absolute atomic E-state index is 11.2. The summed E-state index contributed by atoms with van der Waals surface area (Å²) in [7, 11) is 1.56. The molecule has 17 heavy (non-hydrogen) atoms. The Morgan fingerprint density at radius 3 is 2.82 bits per heavy atom. The lowest BCUT2D eigenvalue weighted by Gasteiger charge is -2.09. The first-order valence-electron chi connectivity index (χ1n) is 5.01. The van der Waals surface area contributed by atoms with E-state index in [1.54, 1.807) is 19.2 Å². The minimum absolute atomic E-state index is 0.381. The van der Waals surface area contributed by atoms with Crippen LogP contribution in [0.25, 0.3) is 11.3 Å². The van der Waals surface area contributed by atoms with E-state index in [0.717, 1.165) is 11.1 Å². The van der Waals surface area contributed by atoms with Gasteiger partial charge in [0.15, 0.2) is 0 Å². The monoisotopic (exact) mass is 250 g/mol. The fourth-order valence-corrected chi connectivity index (χ4v) is 1.87. The lowest BCUT2D eigenvalue weighted by Crippen LogP contribution is -2.09. The van der Waals surface area contributed by atoms with E-state index in [1.807, 2.05) is 13.0 Å². The van der Waals surface area contributed by atoms with Crippen LogP contribution in [0.3, 0.4) is 0 Å². The zero-order valence-corrected chi connectivity index (χ0v) is 10.2. The van der Waals surface area contributed by atoms with Crippen molar-refractivity contribution in [1.29, 1.82) is 0 Å². The highest BCUT2D eigenvalue weighted by Gasteiger charge is 2.08. The summed E-state index contributed by atoms with van der Waals surface area (Å²) in [6.45, 7) is 1.92. The number of benzene rings is 1. The van der Waals surface area contributed by atoms with E-state index in [1.165, 1.54) is 6.20 Å². The molecule has 2 aromatic rings. The molecule has 88 valence electrons. The van der Waals surface area contributed by atoms with Crippen molar-refractivity contribution in [3.05, 3.63) is 45.5 Å². The van der Waals surface area contributed by atoms with E-state index in [0.29, 0.717) is 16.5 Å². The zero-order chi connectivity index (χ0) is 12.4. The molecule has 0 bridgehead atoms. The minimum atomic E-state index is -0.381. The highest BCUT2D eigenvalue weighted by atomic mass is 35.5. The Kier molecular flexibility index (Phi) is 3.15. The van der Waals surface area contributed by atoms with Gasteiger partial charge in [0.25, 0.3) is 0 Å². The van der Waals surface area contributed by atoms with Gasteiger partial charge in [0.2, 0.25) is 0 Å². The maximum atomic E-state index is 11.2. The molecule has 0 radical (unpaired) electrons. The number of aromatic amines is 1. The van der Waals surface area contributed by atoms with Crippen molar-refractivity contribution in [2.45, 2.75) is 6.92 Å². The maximum Gasteiger partial charge on any atom is 0.345 e. The number of ether oxygens (including phenoxy) is 1. The summed E-state index contributed by atoms with van der Waals surface area (Å²) in [5.74, 6) is 0.615. The Hall–Kier alpha value is -1.81. The van der Waals surface area contributed by atoms with Gasteiger partial charge < -0.3 is 9.72 Å². The SMILES string of the molecule is COc1cc(C)c(-c2ccnc(=O)[nH]2)cc1Cl. The Morgan fingerprint density at radius 2 is 2.18 bits per heavy atom. The average Bonchev–Trinajstić information content (AvgIpc) is 2.31. The van der Waals surface area contributed by atoms with Crippen LogP contribution in [0.15, 0.2) is 29.2 Å². The Balaban J connectivity index is 2.60. The first-order chi connectivity index (χ1) is 8.11. The van der Waals surface area contributed by atoms with Gasteiger partial charge in [0.05, 0.1) is 17.8 Å². The van der Waals surface area contributed by atoms with Crippen LogP contribution in [0.4, 0.5) is 0 Å². The molecule has 0 atom stereocenters. The van der Waals surface area contributed by atoms with Crippen molar-refractivity contribution >= 4 is 11.6 Å². The van der Waals surface area contributed by atoms with Gasteiger partial charge in [0.1, 0.15) is 5.75 Å². The minimum Gasteiger partial charge on any atom is -0.495 e. The number of aromatic nitrogens is 2. The molecule has 2 rings (SSSR count). The second kappa shape index (κ2) is 4.59. The highest BCUT2D eigenvalue weighted by Crippen LogP contribution is 2.32.